The number of hydrogen-bond donors (Lipinski definition) is 0. The molecular formula is C22H36N6O4. The maximum atomic E-state index is 11.9. The van der Waals surface area contributed by atoms with Gasteiger partial charge in [0.25, 0.3) is 0 Å². The van der Waals surface area contributed by atoms with Crippen LogP contribution in [0.15, 0.2) is 20.5 Å². The molecule has 0 aliphatic carbocycles. The van der Waals surface area contributed by atoms with Crippen molar-refractivity contribution in [3.05, 3.63) is 0 Å². The Labute approximate surface area is 191 Å². The Bertz CT molecular complexity index is 716. The van der Waals surface area contributed by atoms with Gasteiger partial charge in [0.2, 0.25) is 0 Å². The van der Waals surface area contributed by atoms with Gasteiger partial charge >= 0.3 is 11.9 Å². The minimum absolute atomic E-state index is 0.0134. The van der Waals surface area contributed by atoms with E-state index in [-0.39, 0.29) is 38.9 Å². The molecular weight excluding hydrogens is 412 g/mol. The van der Waals surface area contributed by atoms with Crippen LogP contribution in [-0.2, 0) is 19.1 Å². The Morgan fingerprint density at radius 2 is 0.969 bits per heavy atom. The fraction of sp³-hybridized carbons (Fsp3) is 0.818. The van der Waals surface area contributed by atoms with E-state index in [2.05, 4.69) is 32.6 Å². The maximum Gasteiger partial charge on any atom is 0.306 e. The standard InChI is InChI=1S/C22H36N6O4/c1-19(2,3)25-27-21(7,15-23)11-9-17(29)31-13-14-32-18(30)10-12-22(8,16-24)28-26-20(4,5)6/h9-14H2,1-8H3/b27-25+,28-26+. The monoisotopic (exact) mass is 448 g/mol. The summed E-state index contributed by atoms with van der Waals surface area (Å²) in [7, 11) is 0. The average molecular weight is 449 g/mol. The second-order valence-electron chi connectivity index (χ2n) is 9.95. The summed E-state index contributed by atoms with van der Waals surface area (Å²) in [6, 6.07) is 4.12. The van der Waals surface area contributed by atoms with E-state index in [0.29, 0.717) is 0 Å². The highest BCUT2D eigenvalue weighted by atomic mass is 16.6. The SMILES string of the molecule is CC(C)(C)/N=N/C(C)(C#N)CCC(=O)OCCOC(=O)CCC(C)(C#N)/N=N/C(C)(C)C. The molecule has 32 heavy (non-hydrogen) atoms. The van der Waals surface area contributed by atoms with Gasteiger partial charge in [-0.25, -0.2) is 0 Å². The van der Waals surface area contributed by atoms with Crippen LogP contribution in [0.25, 0.3) is 0 Å². The molecule has 0 bridgehead atoms. The maximum absolute atomic E-state index is 11.9. The van der Waals surface area contributed by atoms with Crippen LogP contribution in [0, 0.1) is 22.7 Å². The van der Waals surface area contributed by atoms with Crippen LogP contribution < -0.4 is 0 Å². The van der Waals surface area contributed by atoms with E-state index < -0.39 is 34.1 Å². The lowest BCUT2D eigenvalue weighted by Gasteiger charge is -2.18. The van der Waals surface area contributed by atoms with Gasteiger partial charge in [-0.1, -0.05) is 0 Å². The third-order valence-corrected chi connectivity index (χ3v) is 3.86. The van der Waals surface area contributed by atoms with E-state index in [1.54, 1.807) is 13.8 Å². The van der Waals surface area contributed by atoms with Crippen molar-refractivity contribution in [1.29, 1.82) is 10.5 Å². The van der Waals surface area contributed by atoms with Gasteiger partial charge in [-0.2, -0.15) is 31.0 Å². The van der Waals surface area contributed by atoms with Gasteiger partial charge in [0, 0.05) is 12.8 Å². The predicted octanol–water partition coefficient (Wildman–Crippen LogP) is 4.70. The number of nitriles is 2. The van der Waals surface area contributed by atoms with E-state index in [1.807, 2.05) is 41.5 Å². The summed E-state index contributed by atoms with van der Waals surface area (Å²) >= 11 is 0. The van der Waals surface area contributed by atoms with Crippen molar-refractivity contribution in [2.45, 2.75) is 103 Å². The minimum atomic E-state index is -1.11. The first-order valence-electron chi connectivity index (χ1n) is 10.5. The average Bonchev–Trinajstić information content (AvgIpc) is 2.70. The Balaban J connectivity index is 4.34. The lowest BCUT2D eigenvalue weighted by molar-refractivity contribution is -0.152. The normalized spacial score (nSPS) is 16.1. The van der Waals surface area contributed by atoms with Crippen molar-refractivity contribution in [2.24, 2.45) is 20.5 Å². The quantitative estimate of drug-likeness (QED) is 0.254. The fourth-order valence-electron chi connectivity index (χ4n) is 1.92. The molecule has 10 nitrogen and oxygen atoms in total. The van der Waals surface area contributed by atoms with Gasteiger partial charge in [-0.05, 0) is 68.2 Å². The van der Waals surface area contributed by atoms with E-state index >= 15 is 0 Å². The van der Waals surface area contributed by atoms with E-state index in [1.165, 1.54) is 0 Å². The first-order valence-corrected chi connectivity index (χ1v) is 10.5. The Morgan fingerprint density at radius 3 is 1.22 bits per heavy atom. The molecule has 0 rings (SSSR count). The van der Waals surface area contributed by atoms with E-state index in [0.717, 1.165) is 0 Å². The molecule has 0 amide bonds. The minimum Gasteiger partial charge on any atom is -0.462 e. The summed E-state index contributed by atoms with van der Waals surface area (Å²) in [6.45, 7) is 14.2. The van der Waals surface area contributed by atoms with Gasteiger partial charge in [0.15, 0.2) is 11.1 Å². The topological polar surface area (TPSA) is 150 Å². The van der Waals surface area contributed by atoms with Crippen LogP contribution >= 0.6 is 0 Å². The van der Waals surface area contributed by atoms with Crippen molar-refractivity contribution in [2.75, 3.05) is 13.2 Å². The van der Waals surface area contributed by atoms with Crippen LogP contribution in [0.4, 0.5) is 0 Å². The van der Waals surface area contributed by atoms with Gasteiger partial charge in [0.1, 0.15) is 13.2 Å². The Hall–Kier alpha value is -2.88. The lowest BCUT2D eigenvalue weighted by Crippen LogP contribution is -2.24. The van der Waals surface area contributed by atoms with Crippen molar-refractivity contribution >= 4 is 11.9 Å². The molecule has 0 fully saturated rings. The van der Waals surface area contributed by atoms with Gasteiger partial charge in [-0.3, -0.25) is 9.59 Å². The number of carbonyl (C=O) groups is 2. The van der Waals surface area contributed by atoms with E-state index in [4.69, 9.17) is 9.47 Å². The van der Waals surface area contributed by atoms with Crippen LogP contribution in [0.5, 0.6) is 0 Å². The smallest absolute Gasteiger partial charge is 0.306 e. The predicted molar refractivity (Wildman–Crippen MR) is 118 cm³/mol. The van der Waals surface area contributed by atoms with Crippen LogP contribution in [-0.4, -0.2) is 47.3 Å². The molecule has 0 saturated heterocycles. The van der Waals surface area contributed by atoms with E-state index in [9.17, 15) is 20.1 Å². The van der Waals surface area contributed by atoms with Crippen molar-refractivity contribution in [3.8, 4) is 12.1 Å². The Kier molecular flexibility index (Phi) is 11.1. The molecule has 0 N–H and O–H groups in total. The second kappa shape index (κ2) is 12.2. The molecule has 0 spiro atoms. The van der Waals surface area contributed by atoms with Crippen LogP contribution in [0.3, 0.4) is 0 Å². The zero-order chi connectivity index (χ0) is 25.1. The largest absolute Gasteiger partial charge is 0.462 e. The number of hydrogen-bond acceptors (Lipinski definition) is 10. The zero-order valence-electron chi connectivity index (χ0n) is 20.6. The molecule has 0 radical (unpaired) electrons. The van der Waals surface area contributed by atoms with Crippen LogP contribution in [0.2, 0.25) is 0 Å². The summed E-state index contributed by atoms with van der Waals surface area (Å²) in [5.41, 5.74) is -3.06. The molecule has 0 aromatic rings. The molecule has 0 aliphatic heterocycles. The van der Waals surface area contributed by atoms with Crippen LogP contribution in [0.1, 0.15) is 81.1 Å². The van der Waals surface area contributed by atoms with Crippen molar-refractivity contribution in [3.63, 3.8) is 0 Å². The third-order valence-electron chi connectivity index (χ3n) is 3.86. The Morgan fingerprint density at radius 1 is 0.656 bits per heavy atom. The summed E-state index contributed by atoms with van der Waals surface area (Å²) in [5.74, 6) is -1.04. The highest BCUT2D eigenvalue weighted by molar-refractivity contribution is 5.70. The molecule has 178 valence electrons. The number of carbonyl (C=O) groups excluding carboxylic acids is 2. The molecule has 2 unspecified atom stereocenters. The fourth-order valence-corrected chi connectivity index (χ4v) is 1.92. The molecule has 2 atom stereocenters. The first kappa shape index (κ1) is 29.1. The zero-order valence-corrected chi connectivity index (χ0v) is 20.6. The second-order valence-corrected chi connectivity index (χ2v) is 9.95. The molecule has 0 aromatic carbocycles. The highest BCUT2D eigenvalue weighted by Crippen LogP contribution is 2.21. The summed E-state index contributed by atoms with van der Waals surface area (Å²) in [4.78, 5) is 23.8. The van der Waals surface area contributed by atoms with Crippen molar-refractivity contribution in [1.82, 2.24) is 0 Å². The number of azo groups is 2. The molecule has 10 heteroatoms. The molecule has 0 heterocycles. The molecule has 0 saturated carbocycles. The number of nitrogens with zero attached hydrogens (tertiary/aromatic N) is 6. The highest BCUT2D eigenvalue weighted by Gasteiger charge is 2.27. The summed E-state index contributed by atoms with van der Waals surface area (Å²) in [5, 5.41) is 35.0. The summed E-state index contributed by atoms with van der Waals surface area (Å²) < 4.78 is 10.1. The van der Waals surface area contributed by atoms with Gasteiger partial charge < -0.3 is 9.47 Å². The lowest BCUT2D eigenvalue weighted by atomic mass is 9.99. The third kappa shape index (κ3) is 14.2. The molecule has 0 aromatic heterocycles. The summed E-state index contributed by atoms with van der Waals surface area (Å²) in [6.07, 6.45) is 0.302. The van der Waals surface area contributed by atoms with Gasteiger partial charge in [-0.15, -0.1) is 0 Å². The number of ether oxygens (including phenoxy) is 2. The number of rotatable bonds is 11. The molecule has 0 aliphatic rings. The van der Waals surface area contributed by atoms with Crippen molar-refractivity contribution < 1.29 is 19.1 Å². The number of esters is 2. The van der Waals surface area contributed by atoms with Gasteiger partial charge in [0.05, 0.1) is 23.2 Å². The first-order chi connectivity index (χ1) is 14.5.